The Bertz CT molecular complexity index is 641. The van der Waals surface area contributed by atoms with E-state index in [1.807, 2.05) is 0 Å². The third kappa shape index (κ3) is 6.39. The molecule has 0 aliphatic carbocycles. The fourth-order valence-corrected chi connectivity index (χ4v) is 1.72. The predicted molar refractivity (Wildman–Crippen MR) is 87.7 cm³/mol. The Labute approximate surface area is 139 Å². The van der Waals surface area contributed by atoms with Crippen LogP contribution in [0.1, 0.15) is 19.4 Å². The normalized spacial score (nSPS) is 9.62. The van der Waals surface area contributed by atoms with Crippen molar-refractivity contribution in [2.24, 2.45) is 0 Å². The maximum Gasteiger partial charge on any atom is 0.417 e. The van der Waals surface area contributed by atoms with Crippen molar-refractivity contribution in [1.29, 1.82) is 0 Å². The highest BCUT2D eigenvalue weighted by Crippen LogP contribution is 2.19. The van der Waals surface area contributed by atoms with Crippen molar-refractivity contribution in [3.8, 4) is 0 Å². The van der Waals surface area contributed by atoms with Crippen molar-refractivity contribution in [3.05, 3.63) is 36.1 Å². The van der Waals surface area contributed by atoms with Gasteiger partial charge in [0.25, 0.3) is 0 Å². The summed E-state index contributed by atoms with van der Waals surface area (Å²) in [5.41, 5.74) is 1.58. The molecule has 2 amide bonds. The summed E-state index contributed by atoms with van der Waals surface area (Å²) < 4.78 is 14.2. The van der Waals surface area contributed by atoms with Crippen LogP contribution in [0.5, 0.6) is 0 Å². The summed E-state index contributed by atoms with van der Waals surface area (Å²) in [5.74, 6) is -1.24. The second-order valence-electron chi connectivity index (χ2n) is 4.59. The number of nitrogens with one attached hydrogen (secondary N) is 2. The molecule has 1 aromatic rings. The molecular weight excluding hydrogens is 316 g/mol. The van der Waals surface area contributed by atoms with Crippen LogP contribution in [0.25, 0.3) is 0 Å². The Balaban J connectivity index is 2.71. The van der Waals surface area contributed by atoms with Gasteiger partial charge in [-0.1, -0.05) is 0 Å². The molecule has 130 valence electrons. The van der Waals surface area contributed by atoms with Crippen LogP contribution >= 0.6 is 0 Å². The molecule has 0 atom stereocenters. The van der Waals surface area contributed by atoms with Crippen LogP contribution in [0.4, 0.5) is 21.0 Å². The smallest absolute Gasteiger partial charge is 0.417 e. The van der Waals surface area contributed by atoms with E-state index in [2.05, 4.69) is 21.9 Å². The number of rotatable bonds is 6. The van der Waals surface area contributed by atoms with Crippen molar-refractivity contribution in [2.45, 2.75) is 20.8 Å². The lowest BCUT2D eigenvalue weighted by Crippen LogP contribution is -2.18. The summed E-state index contributed by atoms with van der Waals surface area (Å²) >= 11 is 0. The molecule has 0 aromatic heterocycles. The Morgan fingerprint density at radius 2 is 1.50 bits per heavy atom. The van der Waals surface area contributed by atoms with Gasteiger partial charge in [-0.3, -0.25) is 10.6 Å². The minimum Gasteiger partial charge on any atom is -0.460 e. The first kappa shape index (κ1) is 19.0. The van der Waals surface area contributed by atoms with Gasteiger partial charge in [-0.2, -0.15) is 0 Å². The second kappa shape index (κ2) is 9.19. The lowest BCUT2D eigenvalue weighted by atomic mass is 10.2. The topological polar surface area (TPSA) is 103 Å². The summed E-state index contributed by atoms with van der Waals surface area (Å²) in [5, 5.41) is 4.96. The molecule has 1 rings (SSSR count). The van der Waals surface area contributed by atoms with E-state index in [1.54, 1.807) is 32.9 Å². The third-order valence-electron chi connectivity index (χ3n) is 2.56. The quantitative estimate of drug-likeness (QED) is 0.358. The summed E-state index contributed by atoms with van der Waals surface area (Å²) in [4.78, 5) is 34.5. The molecule has 0 saturated heterocycles. The van der Waals surface area contributed by atoms with Gasteiger partial charge >= 0.3 is 18.2 Å². The first-order valence-corrected chi connectivity index (χ1v) is 7.26. The molecule has 0 heterocycles. The van der Waals surface area contributed by atoms with Crippen LogP contribution in [-0.4, -0.2) is 31.4 Å². The standard InChI is InChI=1S/C16H20N2O6/c1-5-22-14(19)11(4)24-16(21)18-13-8-10(3)7-12(9-13)17-15(20)23-6-2/h7-9H,4-6H2,1-3H3,(H,17,20)(H,18,21). The monoisotopic (exact) mass is 336 g/mol. The molecule has 2 N–H and O–H groups in total. The molecule has 0 saturated carbocycles. The van der Waals surface area contributed by atoms with Crippen LogP contribution in [0.15, 0.2) is 30.5 Å². The Hall–Kier alpha value is -3.03. The number of carbonyl (C=O) groups excluding carboxylic acids is 3. The highest BCUT2D eigenvalue weighted by Gasteiger charge is 2.14. The molecule has 24 heavy (non-hydrogen) atoms. The van der Waals surface area contributed by atoms with Crippen LogP contribution in [0.3, 0.4) is 0 Å². The number of ether oxygens (including phenoxy) is 3. The van der Waals surface area contributed by atoms with E-state index in [-0.39, 0.29) is 13.2 Å². The molecule has 0 radical (unpaired) electrons. The number of carbonyl (C=O) groups is 3. The van der Waals surface area contributed by atoms with Crippen molar-refractivity contribution in [1.82, 2.24) is 0 Å². The van der Waals surface area contributed by atoms with Gasteiger partial charge in [0.2, 0.25) is 5.76 Å². The highest BCUT2D eigenvalue weighted by molar-refractivity contribution is 5.93. The number of esters is 1. The second-order valence-corrected chi connectivity index (χ2v) is 4.59. The molecule has 0 unspecified atom stereocenters. The molecule has 0 spiro atoms. The molecular formula is C16H20N2O6. The van der Waals surface area contributed by atoms with Crippen molar-refractivity contribution < 1.29 is 28.6 Å². The van der Waals surface area contributed by atoms with Gasteiger partial charge in [0.15, 0.2) is 0 Å². The maximum atomic E-state index is 11.8. The average molecular weight is 336 g/mol. The van der Waals surface area contributed by atoms with Gasteiger partial charge in [-0.15, -0.1) is 0 Å². The zero-order valence-electron chi connectivity index (χ0n) is 13.8. The molecule has 0 fully saturated rings. The number of aryl methyl sites for hydroxylation is 1. The number of hydrogen-bond acceptors (Lipinski definition) is 6. The minimum absolute atomic E-state index is 0.142. The molecule has 8 heteroatoms. The van der Waals surface area contributed by atoms with E-state index < -0.39 is 23.9 Å². The number of benzene rings is 1. The van der Waals surface area contributed by atoms with Crippen LogP contribution in [-0.2, 0) is 19.0 Å². The van der Waals surface area contributed by atoms with Crippen LogP contribution in [0, 0.1) is 6.92 Å². The van der Waals surface area contributed by atoms with Crippen molar-refractivity contribution in [3.63, 3.8) is 0 Å². The molecule has 0 aliphatic heterocycles. The van der Waals surface area contributed by atoms with E-state index in [4.69, 9.17) is 9.47 Å². The van der Waals surface area contributed by atoms with E-state index in [9.17, 15) is 14.4 Å². The number of amides is 2. The van der Waals surface area contributed by atoms with Gasteiger partial charge in [-0.05, 0) is 51.1 Å². The summed E-state index contributed by atoms with van der Waals surface area (Å²) in [7, 11) is 0. The zero-order valence-corrected chi connectivity index (χ0v) is 13.8. The summed E-state index contributed by atoms with van der Waals surface area (Å²) in [6, 6.07) is 4.87. The largest absolute Gasteiger partial charge is 0.460 e. The fraction of sp³-hybridized carbons (Fsp3) is 0.312. The van der Waals surface area contributed by atoms with Crippen molar-refractivity contribution in [2.75, 3.05) is 23.8 Å². The van der Waals surface area contributed by atoms with Gasteiger partial charge in [-0.25, -0.2) is 14.4 Å². The first-order valence-electron chi connectivity index (χ1n) is 7.26. The van der Waals surface area contributed by atoms with Gasteiger partial charge in [0, 0.05) is 11.4 Å². The zero-order chi connectivity index (χ0) is 18.1. The van der Waals surface area contributed by atoms with Crippen molar-refractivity contribution >= 4 is 29.5 Å². The summed E-state index contributed by atoms with van der Waals surface area (Å²) in [6.45, 7) is 8.80. The van der Waals surface area contributed by atoms with E-state index in [1.165, 1.54) is 6.07 Å². The van der Waals surface area contributed by atoms with Crippen LogP contribution < -0.4 is 10.6 Å². The lowest BCUT2D eigenvalue weighted by Gasteiger charge is -2.11. The summed E-state index contributed by atoms with van der Waals surface area (Å²) in [6.07, 6.45) is -1.51. The fourth-order valence-electron chi connectivity index (χ4n) is 1.72. The van der Waals surface area contributed by atoms with Gasteiger partial charge in [0.05, 0.1) is 13.2 Å². The lowest BCUT2D eigenvalue weighted by molar-refractivity contribution is -0.141. The van der Waals surface area contributed by atoms with E-state index in [0.29, 0.717) is 11.4 Å². The van der Waals surface area contributed by atoms with E-state index in [0.717, 1.165) is 5.56 Å². The Morgan fingerprint density at radius 1 is 0.958 bits per heavy atom. The number of anilines is 2. The minimum atomic E-state index is -0.902. The average Bonchev–Trinajstić information content (AvgIpc) is 2.46. The molecule has 0 aliphatic rings. The number of hydrogen-bond donors (Lipinski definition) is 2. The third-order valence-corrected chi connectivity index (χ3v) is 2.56. The Morgan fingerprint density at radius 3 is 2.04 bits per heavy atom. The molecule has 8 nitrogen and oxygen atoms in total. The Kier molecular flexibility index (Phi) is 7.28. The van der Waals surface area contributed by atoms with Gasteiger partial charge in [0.1, 0.15) is 0 Å². The molecule has 1 aromatic carbocycles. The molecule has 0 bridgehead atoms. The highest BCUT2D eigenvalue weighted by atomic mass is 16.6. The van der Waals surface area contributed by atoms with Crippen LogP contribution in [0.2, 0.25) is 0 Å². The van der Waals surface area contributed by atoms with Gasteiger partial charge < -0.3 is 14.2 Å². The first-order chi connectivity index (χ1) is 11.3. The van der Waals surface area contributed by atoms with E-state index >= 15 is 0 Å². The maximum absolute atomic E-state index is 11.8. The predicted octanol–water partition coefficient (Wildman–Crippen LogP) is 3.19. The SMILES string of the molecule is C=C(OC(=O)Nc1cc(C)cc(NC(=O)OCC)c1)C(=O)OCC.